The fourth-order valence-corrected chi connectivity index (χ4v) is 3.23. The number of hydrogen-bond donors (Lipinski definition) is 1. The highest BCUT2D eigenvalue weighted by atomic mass is 19.1. The van der Waals surface area contributed by atoms with Crippen LogP contribution in [-0.2, 0) is 7.05 Å². The topological polar surface area (TPSA) is 59.8 Å². The molecule has 4 rings (SSSR count). The van der Waals surface area contributed by atoms with Crippen molar-refractivity contribution in [3.8, 4) is 11.3 Å². The number of amides is 1. The van der Waals surface area contributed by atoms with E-state index in [-0.39, 0.29) is 5.69 Å². The van der Waals surface area contributed by atoms with Crippen LogP contribution in [0.1, 0.15) is 21.6 Å². The molecule has 2 aromatic heterocycles. The molecule has 28 heavy (non-hydrogen) atoms. The van der Waals surface area contributed by atoms with E-state index >= 15 is 0 Å². The van der Waals surface area contributed by atoms with Crippen molar-refractivity contribution in [2.75, 3.05) is 5.32 Å². The predicted octanol–water partition coefficient (Wildman–Crippen LogP) is 4.64. The molecule has 0 atom stereocenters. The molecule has 2 aromatic carbocycles. The van der Waals surface area contributed by atoms with Crippen molar-refractivity contribution in [3.05, 3.63) is 77.4 Å². The molecule has 0 unspecified atom stereocenters. The number of aromatic nitrogens is 3. The lowest BCUT2D eigenvalue weighted by atomic mass is 10.0. The normalized spacial score (nSPS) is 11.0. The first-order valence-corrected chi connectivity index (χ1v) is 8.89. The molecule has 0 saturated carbocycles. The Labute approximate surface area is 161 Å². The first-order valence-electron chi connectivity index (χ1n) is 8.89. The van der Waals surface area contributed by atoms with E-state index in [2.05, 4.69) is 21.5 Å². The number of anilines is 1. The second-order valence-corrected chi connectivity index (χ2v) is 6.84. The van der Waals surface area contributed by atoms with E-state index < -0.39 is 11.7 Å². The number of aryl methyl sites for hydroxylation is 3. The van der Waals surface area contributed by atoms with Crippen molar-refractivity contribution in [3.63, 3.8) is 0 Å². The maximum absolute atomic E-state index is 14.8. The number of pyridine rings is 1. The number of nitrogens with zero attached hydrogens (tertiary/aromatic N) is 3. The van der Waals surface area contributed by atoms with Crippen molar-refractivity contribution < 1.29 is 9.18 Å². The van der Waals surface area contributed by atoms with Crippen LogP contribution in [0.15, 0.2) is 54.7 Å². The zero-order valence-electron chi connectivity index (χ0n) is 15.8. The number of fused-ring (bicyclic) bond motifs is 1. The third-order valence-electron chi connectivity index (χ3n) is 4.72. The second kappa shape index (κ2) is 6.88. The lowest BCUT2D eigenvalue weighted by molar-refractivity contribution is 0.101. The Morgan fingerprint density at radius 2 is 1.89 bits per heavy atom. The summed E-state index contributed by atoms with van der Waals surface area (Å²) in [5.41, 5.74) is 4.50. The van der Waals surface area contributed by atoms with Gasteiger partial charge in [-0.05, 0) is 55.8 Å². The van der Waals surface area contributed by atoms with E-state index in [4.69, 9.17) is 0 Å². The summed E-state index contributed by atoms with van der Waals surface area (Å²) in [6, 6.07) is 14.7. The first kappa shape index (κ1) is 17.9. The quantitative estimate of drug-likeness (QED) is 0.568. The molecule has 6 heteroatoms. The third kappa shape index (κ3) is 3.24. The summed E-state index contributed by atoms with van der Waals surface area (Å²) in [5.74, 6) is -0.912. The van der Waals surface area contributed by atoms with E-state index in [1.165, 1.54) is 16.9 Å². The van der Waals surface area contributed by atoms with Crippen molar-refractivity contribution in [1.29, 1.82) is 0 Å². The van der Waals surface area contributed by atoms with Crippen molar-refractivity contribution in [1.82, 2.24) is 14.8 Å². The molecule has 5 nitrogen and oxygen atoms in total. The molecule has 2 heterocycles. The molecular weight excluding hydrogens is 355 g/mol. The fourth-order valence-electron chi connectivity index (χ4n) is 3.23. The minimum absolute atomic E-state index is 0.159. The summed E-state index contributed by atoms with van der Waals surface area (Å²) in [5, 5.41) is 7.65. The summed E-state index contributed by atoms with van der Waals surface area (Å²) in [6.07, 6.45) is 1.52. The van der Waals surface area contributed by atoms with Gasteiger partial charge in [0, 0.05) is 24.2 Å². The molecule has 1 N–H and O–H groups in total. The summed E-state index contributed by atoms with van der Waals surface area (Å²) >= 11 is 0. The number of halogens is 1. The Morgan fingerprint density at radius 3 is 2.61 bits per heavy atom. The van der Waals surface area contributed by atoms with Gasteiger partial charge in [-0.15, -0.1) is 0 Å². The van der Waals surface area contributed by atoms with E-state index in [0.717, 1.165) is 16.5 Å². The number of hydrogen-bond acceptors (Lipinski definition) is 3. The summed E-state index contributed by atoms with van der Waals surface area (Å²) in [7, 11) is 1.66. The maximum atomic E-state index is 14.8. The lowest BCUT2D eigenvalue weighted by Crippen LogP contribution is -2.17. The van der Waals surface area contributed by atoms with Gasteiger partial charge in [0.1, 0.15) is 11.5 Å². The van der Waals surface area contributed by atoms with Crippen molar-refractivity contribution in [2.45, 2.75) is 13.8 Å². The lowest BCUT2D eigenvalue weighted by Gasteiger charge is -2.12. The molecule has 0 radical (unpaired) electrons. The Morgan fingerprint density at radius 1 is 1.07 bits per heavy atom. The van der Waals surface area contributed by atoms with Gasteiger partial charge in [-0.1, -0.05) is 17.7 Å². The second-order valence-electron chi connectivity index (χ2n) is 6.84. The van der Waals surface area contributed by atoms with Crippen LogP contribution < -0.4 is 5.32 Å². The summed E-state index contributed by atoms with van der Waals surface area (Å²) in [6.45, 7) is 3.79. The highest BCUT2D eigenvalue weighted by molar-refractivity contribution is 6.03. The zero-order valence-corrected chi connectivity index (χ0v) is 15.8. The van der Waals surface area contributed by atoms with Crippen LogP contribution in [0.2, 0.25) is 0 Å². The molecular formula is C22H19FN4O. The number of carbonyl (C=O) groups is 1. The first-order chi connectivity index (χ1) is 13.4. The van der Waals surface area contributed by atoms with Gasteiger partial charge in [0.2, 0.25) is 0 Å². The van der Waals surface area contributed by atoms with Gasteiger partial charge >= 0.3 is 0 Å². The highest BCUT2D eigenvalue weighted by Gasteiger charge is 2.16. The molecule has 140 valence electrons. The van der Waals surface area contributed by atoms with Crippen LogP contribution in [0.3, 0.4) is 0 Å². The minimum Gasteiger partial charge on any atom is -0.318 e. The van der Waals surface area contributed by atoms with Gasteiger partial charge in [-0.2, -0.15) is 5.10 Å². The molecule has 0 bridgehead atoms. The molecule has 0 saturated heterocycles. The van der Waals surface area contributed by atoms with Gasteiger partial charge in [-0.25, -0.2) is 9.37 Å². The van der Waals surface area contributed by atoms with E-state index in [1.54, 1.807) is 20.0 Å². The number of rotatable bonds is 3. The van der Waals surface area contributed by atoms with Crippen molar-refractivity contribution >= 4 is 22.5 Å². The Kier molecular flexibility index (Phi) is 4.39. The minimum atomic E-state index is -0.503. The SMILES string of the molecule is Cc1ccc2nc(-c3cc(C)c(NC(=O)c4ccnn4C)c(F)c3)ccc2c1. The number of benzene rings is 2. The van der Waals surface area contributed by atoms with Gasteiger partial charge < -0.3 is 5.32 Å². The van der Waals surface area contributed by atoms with Crippen molar-refractivity contribution in [2.24, 2.45) is 7.05 Å². The van der Waals surface area contributed by atoms with Gasteiger partial charge in [0.15, 0.2) is 0 Å². The van der Waals surface area contributed by atoms with E-state index in [0.29, 0.717) is 22.5 Å². The van der Waals surface area contributed by atoms with Crippen LogP contribution in [0.5, 0.6) is 0 Å². The van der Waals surface area contributed by atoms with Crippen LogP contribution in [0.4, 0.5) is 10.1 Å². The molecule has 4 aromatic rings. The summed E-state index contributed by atoms with van der Waals surface area (Å²) < 4.78 is 16.2. The Balaban J connectivity index is 1.68. The molecule has 0 fully saturated rings. The largest absolute Gasteiger partial charge is 0.318 e. The van der Waals surface area contributed by atoms with E-state index in [1.807, 2.05) is 37.3 Å². The molecule has 1 amide bonds. The van der Waals surface area contributed by atoms with Gasteiger partial charge in [0.25, 0.3) is 5.91 Å². The molecule has 0 aliphatic rings. The highest BCUT2D eigenvalue weighted by Crippen LogP contribution is 2.28. The monoisotopic (exact) mass is 374 g/mol. The predicted molar refractivity (Wildman–Crippen MR) is 108 cm³/mol. The van der Waals surface area contributed by atoms with E-state index in [9.17, 15) is 9.18 Å². The Hall–Kier alpha value is -3.54. The average Bonchev–Trinajstić information content (AvgIpc) is 3.10. The fraction of sp³-hybridized carbons (Fsp3) is 0.136. The number of nitrogens with one attached hydrogen (secondary N) is 1. The standard InChI is InChI=1S/C22H19FN4O/c1-13-4-6-18-15(10-13)5-7-19(25-18)16-11-14(2)21(17(23)12-16)26-22(28)20-8-9-24-27(20)3/h4-12H,1-3H3,(H,26,28). The smallest absolute Gasteiger partial charge is 0.274 e. The van der Waals surface area contributed by atoms with Crippen LogP contribution >= 0.6 is 0 Å². The maximum Gasteiger partial charge on any atom is 0.274 e. The average molecular weight is 374 g/mol. The molecule has 0 aliphatic heterocycles. The Bertz CT molecular complexity index is 1190. The van der Waals surface area contributed by atoms with Crippen LogP contribution in [0, 0.1) is 19.7 Å². The molecule has 0 aliphatic carbocycles. The molecule has 0 spiro atoms. The van der Waals surface area contributed by atoms with Crippen LogP contribution in [0.25, 0.3) is 22.2 Å². The third-order valence-corrected chi connectivity index (χ3v) is 4.72. The van der Waals surface area contributed by atoms with Gasteiger partial charge in [0.05, 0.1) is 16.9 Å². The van der Waals surface area contributed by atoms with Crippen LogP contribution in [-0.4, -0.2) is 20.7 Å². The number of carbonyl (C=O) groups excluding carboxylic acids is 1. The van der Waals surface area contributed by atoms with Gasteiger partial charge in [-0.3, -0.25) is 9.48 Å². The summed E-state index contributed by atoms with van der Waals surface area (Å²) in [4.78, 5) is 17.0. The zero-order chi connectivity index (χ0) is 19.8.